The van der Waals surface area contributed by atoms with Gasteiger partial charge in [0.2, 0.25) is 5.91 Å². The lowest BCUT2D eigenvalue weighted by molar-refractivity contribution is -0.168. The maximum Gasteiger partial charge on any atom is 0.243 e. The smallest absolute Gasteiger partial charge is 0.243 e. The number of aliphatic hydroxyl groups is 6. The fourth-order valence-corrected chi connectivity index (χ4v) is 13.2. The number of allylic oxidation sites excluding steroid dienone is 5. The van der Waals surface area contributed by atoms with E-state index in [0.29, 0.717) is 66.4 Å². The molecule has 0 saturated heterocycles. The van der Waals surface area contributed by atoms with Crippen LogP contribution in [0.4, 0.5) is 0 Å². The minimum absolute atomic E-state index is 0.0628. The molecule has 16 heteroatoms. The lowest BCUT2D eigenvalue weighted by Gasteiger charge is -2.56. The molecule has 3 aliphatic heterocycles. The number of amides is 1. The number of benzene rings is 3. The number of aliphatic imine (C=N–C) groups is 1. The Kier molecular flexibility index (Phi) is 18.7. The van der Waals surface area contributed by atoms with Crippen LogP contribution >= 0.6 is 0 Å². The van der Waals surface area contributed by atoms with Crippen molar-refractivity contribution in [3.05, 3.63) is 159 Å². The van der Waals surface area contributed by atoms with E-state index in [1.165, 1.54) is 6.08 Å². The Hall–Kier alpha value is -6.23. The van der Waals surface area contributed by atoms with E-state index in [-0.39, 0.29) is 81.5 Å². The summed E-state index contributed by atoms with van der Waals surface area (Å²) in [5.74, 6) is 1.06. The van der Waals surface area contributed by atoms with E-state index >= 15 is 4.79 Å². The van der Waals surface area contributed by atoms with Gasteiger partial charge in [0.15, 0.2) is 17.5 Å². The summed E-state index contributed by atoms with van der Waals surface area (Å²) in [5, 5.41) is 88.9. The summed E-state index contributed by atoms with van der Waals surface area (Å²) in [5.41, 5.74) is 22.9. The molecule has 11 unspecified atom stereocenters. The number of hydrogen-bond donors (Lipinski definition) is 12. The highest BCUT2D eigenvalue weighted by Crippen LogP contribution is 2.63. The van der Waals surface area contributed by atoms with Gasteiger partial charge < -0.3 is 63.0 Å². The second kappa shape index (κ2) is 25.1. The molecule has 3 aromatic carbocycles. The molecule has 3 heterocycles. The van der Waals surface area contributed by atoms with E-state index in [1.807, 2.05) is 43.3 Å². The molecule has 0 radical (unpaired) electrons. The molecule has 5 aliphatic rings. The van der Waals surface area contributed by atoms with Gasteiger partial charge in [0.05, 0.1) is 30.5 Å². The zero-order valence-corrected chi connectivity index (χ0v) is 45.7. The Morgan fingerprint density at radius 1 is 0.949 bits per heavy atom. The van der Waals surface area contributed by atoms with Gasteiger partial charge in [0.25, 0.3) is 0 Å². The lowest BCUT2D eigenvalue weighted by Crippen LogP contribution is -2.59. The van der Waals surface area contributed by atoms with Crippen molar-refractivity contribution >= 4 is 17.6 Å². The SMILES string of the molecule is C=C1C=CC=C(C2CCC3(C4CCC(O)Cc5cccc(c5)CC(C(CN=C(N)N)c5ccc(O)cc5)C(O)CNC5C(=O)NC(N)c6cccc(c65)CC(=O)C(C)=C4CCC3(C)O)C2O)COCC#CCC(C)=CCC1(O)O. The molecular formula is C63H80N6O10. The molecule has 2 aliphatic carbocycles. The van der Waals surface area contributed by atoms with Crippen molar-refractivity contribution in [2.75, 3.05) is 26.3 Å². The third-order valence-corrected chi connectivity index (χ3v) is 17.7. The normalized spacial score (nSPS) is 30.7. The molecule has 2 saturated carbocycles. The number of aliphatic hydroxyl groups excluding tert-OH is 3. The number of rotatable bonds is 5. The quantitative estimate of drug-likeness (QED) is 0.0532. The summed E-state index contributed by atoms with van der Waals surface area (Å²) in [4.78, 5) is 33.7. The number of nitrogens with two attached hydrogens (primary N) is 3. The van der Waals surface area contributed by atoms with Gasteiger partial charge in [0, 0.05) is 55.2 Å². The molecule has 15 N–H and O–H groups in total. The molecule has 2 fully saturated rings. The number of hydrogen-bond acceptors (Lipinski definition) is 13. The third-order valence-electron chi connectivity index (χ3n) is 17.7. The number of phenols is 1. The highest BCUT2D eigenvalue weighted by atomic mass is 16.5. The first-order chi connectivity index (χ1) is 37.6. The fourth-order valence-electron chi connectivity index (χ4n) is 13.2. The Labute approximate surface area is 464 Å². The molecule has 11 atom stereocenters. The minimum Gasteiger partial charge on any atom is -0.508 e. The molecular weight excluding hydrogens is 1000 g/mol. The van der Waals surface area contributed by atoms with Crippen LogP contribution in [0.1, 0.15) is 124 Å². The lowest BCUT2D eigenvalue weighted by atomic mass is 9.52. The van der Waals surface area contributed by atoms with Gasteiger partial charge in [-0.1, -0.05) is 108 Å². The average molecular weight is 1080 g/mol. The molecule has 8 rings (SSSR count). The number of phenolic OH excluding ortho intramolecular Hbond substituents is 1. The van der Waals surface area contributed by atoms with Crippen LogP contribution in [0.5, 0.6) is 5.75 Å². The number of ketones is 1. The van der Waals surface area contributed by atoms with E-state index in [1.54, 1.807) is 62.4 Å². The number of carbonyl (C=O) groups is 2. The van der Waals surface area contributed by atoms with E-state index < -0.39 is 76.9 Å². The van der Waals surface area contributed by atoms with Crippen molar-refractivity contribution in [3.8, 4) is 17.6 Å². The van der Waals surface area contributed by atoms with Gasteiger partial charge in [-0.05, 0) is 141 Å². The van der Waals surface area contributed by atoms with Crippen LogP contribution in [-0.2, 0) is 33.6 Å². The van der Waals surface area contributed by atoms with E-state index in [2.05, 4.69) is 34.0 Å². The number of carbonyl (C=O) groups excluding carboxylic acids is 2. The monoisotopic (exact) mass is 1080 g/mol. The number of β-amino-alcohol motifs (C(OH)–C–C–N with tert-alkyl or cyclic N) is 1. The molecule has 0 aromatic heterocycles. The van der Waals surface area contributed by atoms with Crippen molar-refractivity contribution in [2.45, 2.75) is 139 Å². The Morgan fingerprint density at radius 3 is 2.43 bits per heavy atom. The van der Waals surface area contributed by atoms with Gasteiger partial charge in [-0.2, -0.15) is 0 Å². The highest BCUT2D eigenvalue weighted by Gasteiger charge is 2.64. The Morgan fingerprint density at radius 2 is 1.68 bits per heavy atom. The van der Waals surface area contributed by atoms with Gasteiger partial charge in [-0.25, -0.2) is 0 Å². The molecule has 2 bridgehead atoms. The van der Waals surface area contributed by atoms with Gasteiger partial charge in [-0.3, -0.25) is 19.9 Å². The van der Waals surface area contributed by atoms with Crippen LogP contribution in [0.25, 0.3) is 0 Å². The number of aromatic hydroxyl groups is 1. The van der Waals surface area contributed by atoms with Crippen molar-refractivity contribution in [2.24, 2.45) is 45.4 Å². The molecule has 1 spiro atoms. The molecule has 422 valence electrons. The first-order valence-corrected chi connectivity index (χ1v) is 27.6. The summed E-state index contributed by atoms with van der Waals surface area (Å²) in [6, 6.07) is 18.9. The third kappa shape index (κ3) is 13.2. The number of fused-ring (bicyclic) bond motifs is 4. The average Bonchev–Trinajstić information content (AvgIpc) is 3.99. The summed E-state index contributed by atoms with van der Waals surface area (Å²) < 4.78 is 6.14. The number of ether oxygens (including phenoxy) is 1. The Balaban J connectivity index is 1.21. The van der Waals surface area contributed by atoms with Crippen LogP contribution in [-0.4, -0.2) is 109 Å². The predicted octanol–water partition coefficient (Wildman–Crippen LogP) is 4.91. The van der Waals surface area contributed by atoms with Gasteiger partial charge >= 0.3 is 0 Å². The van der Waals surface area contributed by atoms with Crippen molar-refractivity contribution in [1.29, 1.82) is 0 Å². The maximum atomic E-state index is 15.1. The van der Waals surface area contributed by atoms with E-state index in [4.69, 9.17) is 21.9 Å². The predicted molar refractivity (Wildman–Crippen MR) is 303 cm³/mol. The van der Waals surface area contributed by atoms with Crippen LogP contribution in [0, 0.1) is 35.0 Å². The summed E-state index contributed by atoms with van der Waals surface area (Å²) in [6.07, 6.45) is 5.55. The maximum absolute atomic E-state index is 15.1. The van der Waals surface area contributed by atoms with Crippen LogP contribution in [0.15, 0.2) is 130 Å². The fraction of sp³-hybridized carbons (Fsp3) is 0.476. The minimum atomic E-state index is -2.21. The van der Waals surface area contributed by atoms with E-state index in [0.717, 1.165) is 27.8 Å². The molecule has 1 amide bonds. The van der Waals surface area contributed by atoms with Gasteiger partial charge in [-0.15, -0.1) is 0 Å². The summed E-state index contributed by atoms with van der Waals surface area (Å²) in [7, 11) is 0. The first-order valence-electron chi connectivity index (χ1n) is 27.6. The number of guanidine groups is 1. The number of nitrogens with one attached hydrogen (secondary N) is 2. The molecule has 16 nitrogen and oxygen atoms in total. The number of nitrogens with zero attached hydrogens (tertiary/aromatic N) is 1. The van der Waals surface area contributed by atoms with Crippen LogP contribution in [0.2, 0.25) is 0 Å². The van der Waals surface area contributed by atoms with E-state index in [9.17, 15) is 40.5 Å². The van der Waals surface area contributed by atoms with Crippen molar-refractivity contribution in [3.63, 3.8) is 0 Å². The van der Waals surface area contributed by atoms with Crippen LogP contribution in [0.3, 0.4) is 0 Å². The summed E-state index contributed by atoms with van der Waals surface area (Å²) >= 11 is 0. The topological polar surface area (TPSA) is 299 Å². The van der Waals surface area contributed by atoms with Gasteiger partial charge in [0.1, 0.15) is 24.6 Å². The zero-order valence-electron chi connectivity index (χ0n) is 45.7. The summed E-state index contributed by atoms with van der Waals surface area (Å²) in [6.45, 7) is 9.62. The van der Waals surface area contributed by atoms with Crippen molar-refractivity contribution in [1.82, 2.24) is 10.6 Å². The molecule has 79 heavy (non-hydrogen) atoms. The second-order valence-electron chi connectivity index (χ2n) is 22.8. The number of Topliss-reactive ketones (excluding diaryl/α,β-unsaturated/α-hetero) is 1. The molecule has 3 aromatic rings. The zero-order chi connectivity index (χ0) is 56.8. The largest absolute Gasteiger partial charge is 0.508 e. The second-order valence-corrected chi connectivity index (χ2v) is 22.8. The first kappa shape index (κ1) is 58.9. The Bertz CT molecular complexity index is 2960. The van der Waals surface area contributed by atoms with Crippen molar-refractivity contribution < 1.29 is 50.1 Å². The van der Waals surface area contributed by atoms with Crippen LogP contribution < -0.4 is 27.8 Å². The highest BCUT2D eigenvalue weighted by molar-refractivity contribution is 5.98. The standard InChI is InChI=1S/C63H80N6O10/c1-37-10-5-6-29-79-36-44(15-7-11-38(2)63(77,78)28-23-37)48-25-27-62(57(48)74)52-22-21-46(71)31-40-12-8-13-41(30-40)32-50(51(34-68-60(65)66)42-17-19-45(70)20-18-42)54(73)35-67-56-55-43(14-9-16-49(55)58(64)69-59(56)75)33-53(72)39(3)47(52)24-26-61(62,4)76/h7-9,11-20,23,30,46,48,50-52,54,56-58,67,70-71,73-74,76-78H,2,10,21-22,24-29,31-36,64H2,1,3-4H3,(H,69,75)(H4,65,66,68).